The number of aromatic nitrogens is 1. The van der Waals surface area contributed by atoms with Gasteiger partial charge in [0.1, 0.15) is 5.82 Å². The van der Waals surface area contributed by atoms with Gasteiger partial charge in [-0.05, 0) is 100 Å². The first-order valence-electron chi connectivity index (χ1n) is 14.0. The van der Waals surface area contributed by atoms with Crippen molar-refractivity contribution in [2.75, 3.05) is 88.8 Å². The number of fused-ring (bicyclic) bond motifs is 1. The molecule has 0 aliphatic carbocycles. The molecule has 5 rings (SSSR count). The lowest BCUT2D eigenvalue weighted by Crippen LogP contribution is -2.46. The molecule has 0 saturated carbocycles. The van der Waals surface area contributed by atoms with Crippen LogP contribution < -0.4 is 15.5 Å². The number of nitrogens with zero attached hydrogens (tertiary/aromatic N) is 5. The van der Waals surface area contributed by atoms with Gasteiger partial charge in [-0.1, -0.05) is 6.92 Å². The van der Waals surface area contributed by atoms with Crippen LogP contribution in [0.25, 0.3) is 10.9 Å². The third-order valence-corrected chi connectivity index (χ3v) is 8.45. The van der Waals surface area contributed by atoms with Crippen LogP contribution in [0.2, 0.25) is 0 Å². The topological polar surface area (TPSA) is 49.9 Å². The molecule has 3 aliphatic heterocycles. The van der Waals surface area contributed by atoms with Gasteiger partial charge in [0.15, 0.2) is 5.11 Å². The number of thiocarbonyl (C=S) groups is 1. The number of hydrogen-bond donors (Lipinski definition) is 2. The van der Waals surface area contributed by atoms with Gasteiger partial charge in [0.25, 0.3) is 0 Å². The molecule has 7 nitrogen and oxygen atoms in total. The highest BCUT2D eigenvalue weighted by Crippen LogP contribution is 2.26. The maximum absolute atomic E-state index is 5.60. The summed E-state index contributed by atoms with van der Waals surface area (Å²) in [5.41, 5.74) is 3.32. The lowest BCUT2D eigenvalue weighted by atomic mass is 10.1. The van der Waals surface area contributed by atoms with Crippen LogP contribution in [0.4, 0.5) is 11.5 Å². The smallest absolute Gasteiger partial charge is 0.170 e. The second kappa shape index (κ2) is 12.0. The summed E-state index contributed by atoms with van der Waals surface area (Å²) in [6.45, 7) is 18.1. The number of aryl methyl sites for hydroxylation is 1. The number of hydrogen-bond acceptors (Lipinski definition) is 6. The van der Waals surface area contributed by atoms with Gasteiger partial charge in [-0.25, -0.2) is 4.98 Å². The summed E-state index contributed by atoms with van der Waals surface area (Å²) < 4.78 is 0. The number of pyridine rings is 1. The van der Waals surface area contributed by atoms with Gasteiger partial charge in [0.05, 0.1) is 5.52 Å². The first kappa shape index (κ1) is 25.6. The molecule has 8 heteroatoms. The van der Waals surface area contributed by atoms with E-state index >= 15 is 0 Å². The molecular formula is C28H43N7S. The van der Waals surface area contributed by atoms with Gasteiger partial charge >= 0.3 is 0 Å². The summed E-state index contributed by atoms with van der Waals surface area (Å²) in [5.74, 6) is 1.93. The number of benzene rings is 1. The Morgan fingerprint density at radius 2 is 1.81 bits per heavy atom. The largest absolute Gasteiger partial charge is 0.361 e. The lowest BCUT2D eigenvalue weighted by molar-refractivity contribution is 0.265. The minimum atomic E-state index is 0.693. The summed E-state index contributed by atoms with van der Waals surface area (Å²) >= 11 is 5.60. The molecule has 2 N–H and O–H groups in total. The third-order valence-electron chi connectivity index (χ3n) is 8.20. The van der Waals surface area contributed by atoms with E-state index in [0.717, 1.165) is 68.8 Å². The van der Waals surface area contributed by atoms with Crippen LogP contribution in [0, 0.1) is 12.8 Å². The zero-order chi connectivity index (χ0) is 24.9. The average molecular weight is 510 g/mol. The highest BCUT2D eigenvalue weighted by molar-refractivity contribution is 7.80. The number of likely N-dealkylation sites (N-methyl/N-ethyl adjacent to an activating group) is 1. The Morgan fingerprint density at radius 3 is 2.58 bits per heavy atom. The quantitative estimate of drug-likeness (QED) is 0.526. The van der Waals surface area contributed by atoms with E-state index in [4.69, 9.17) is 17.2 Å². The molecule has 1 atom stereocenters. The second-order valence-corrected chi connectivity index (χ2v) is 11.2. The second-order valence-electron chi connectivity index (χ2n) is 10.8. The van der Waals surface area contributed by atoms with E-state index in [0.29, 0.717) is 5.11 Å². The van der Waals surface area contributed by atoms with Crippen molar-refractivity contribution in [3.63, 3.8) is 0 Å². The fourth-order valence-electron chi connectivity index (χ4n) is 6.01. The van der Waals surface area contributed by atoms with E-state index in [-0.39, 0.29) is 0 Å². The summed E-state index contributed by atoms with van der Waals surface area (Å²) in [7, 11) is 0. The summed E-state index contributed by atoms with van der Waals surface area (Å²) in [6, 6.07) is 8.61. The van der Waals surface area contributed by atoms with Gasteiger partial charge in [0.2, 0.25) is 0 Å². The number of anilines is 2. The molecular weight excluding hydrogens is 466 g/mol. The molecule has 3 aliphatic rings. The SMILES string of the molecule is CCN1CCN(c2cc(C)c3cc(NC(=S)NCCN4CCC(CN5CCCC5)C4)ccc3n2)CC1. The zero-order valence-corrected chi connectivity index (χ0v) is 23.0. The molecule has 4 heterocycles. The molecule has 2 aromatic rings. The van der Waals surface area contributed by atoms with Crippen molar-refractivity contribution in [2.45, 2.75) is 33.1 Å². The summed E-state index contributed by atoms with van der Waals surface area (Å²) in [4.78, 5) is 15.1. The standard InChI is InChI=1S/C28H43N7S/c1-3-32-14-16-35(17-15-32)27-18-22(2)25-19-24(6-7-26(25)31-27)30-28(36)29-9-13-34-12-8-23(21-34)20-33-10-4-5-11-33/h6-7,18-19,23H,3-5,8-17,20-21H2,1-2H3,(H2,29,30,36). The van der Waals surface area contributed by atoms with E-state index in [9.17, 15) is 0 Å². The van der Waals surface area contributed by atoms with Crippen LogP contribution in [0.15, 0.2) is 24.3 Å². The number of likely N-dealkylation sites (tertiary alicyclic amines) is 2. The van der Waals surface area contributed by atoms with Gasteiger partial charge in [0, 0.05) is 63.4 Å². The Hall–Kier alpha value is -2.00. The maximum Gasteiger partial charge on any atom is 0.170 e. The van der Waals surface area contributed by atoms with Crippen LogP contribution in [0.3, 0.4) is 0 Å². The minimum Gasteiger partial charge on any atom is -0.361 e. The fraction of sp³-hybridized carbons (Fsp3) is 0.643. The van der Waals surface area contributed by atoms with Crippen LogP contribution in [-0.4, -0.2) is 103 Å². The van der Waals surface area contributed by atoms with Gasteiger partial charge in [-0.3, -0.25) is 0 Å². The molecule has 0 amide bonds. The van der Waals surface area contributed by atoms with Gasteiger partial charge < -0.3 is 30.2 Å². The Morgan fingerprint density at radius 1 is 1.00 bits per heavy atom. The van der Waals surface area contributed by atoms with Crippen LogP contribution in [0.5, 0.6) is 0 Å². The van der Waals surface area contributed by atoms with Gasteiger partial charge in [-0.2, -0.15) is 0 Å². The number of nitrogens with one attached hydrogen (secondary N) is 2. The molecule has 1 unspecified atom stereocenters. The molecule has 1 aromatic carbocycles. The zero-order valence-electron chi connectivity index (χ0n) is 22.1. The van der Waals surface area contributed by atoms with Crippen molar-refractivity contribution in [3.05, 3.63) is 29.8 Å². The molecule has 36 heavy (non-hydrogen) atoms. The van der Waals surface area contributed by atoms with Crippen molar-refractivity contribution >= 4 is 39.7 Å². The molecule has 0 spiro atoms. The number of rotatable bonds is 8. The van der Waals surface area contributed by atoms with Crippen molar-refractivity contribution in [1.29, 1.82) is 0 Å². The Bertz CT molecular complexity index is 1030. The summed E-state index contributed by atoms with van der Waals surface area (Å²) in [5, 5.41) is 8.67. The van der Waals surface area contributed by atoms with Crippen LogP contribution in [-0.2, 0) is 0 Å². The fourth-order valence-corrected chi connectivity index (χ4v) is 6.23. The maximum atomic E-state index is 5.60. The van der Waals surface area contributed by atoms with E-state index in [1.807, 2.05) is 0 Å². The molecule has 1 aromatic heterocycles. The molecule has 3 saturated heterocycles. The molecule has 0 radical (unpaired) electrons. The van der Waals surface area contributed by atoms with Crippen molar-refractivity contribution < 1.29 is 0 Å². The normalized spacial score (nSPS) is 21.9. The highest BCUT2D eigenvalue weighted by Gasteiger charge is 2.25. The molecule has 0 bridgehead atoms. The predicted octanol–water partition coefficient (Wildman–Crippen LogP) is 3.39. The van der Waals surface area contributed by atoms with E-state index in [1.54, 1.807) is 0 Å². The van der Waals surface area contributed by atoms with E-state index in [1.165, 1.54) is 62.9 Å². The Kier molecular flexibility index (Phi) is 8.57. The van der Waals surface area contributed by atoms with Gasteiger partial charge in [-0.15, -0.1) is 0 Å². The first-order valence-corrected chi connectivity index (χ1v) is 14.4. The van der Waals surface area contributed by atoms with Crippen molar-refractivity contribution in [1.82, 2.24) is 25.0 Å². The van der Waals surface area contributed by atoms with Crippen LogP contribution >= 0.6 is 12.2 Å². The van der Waals surface area contributed by atoms with Crippen molar-refractivity contribution in [2.24, 2.45) is 5.92 Å². The monoisotopic (exact) mass is 509 g/mol. The van der Waals surface area contributed by atoms with E-state index in [2.05, 4.69) is 68.3 Å². The average Bonchev–Trinajstić information content (AvgIpc) is 3.57. The first-order chi connectivity index (χ1) is 17.6. The number of piperazine rings is 1. The molecule has 196 valence electrons. The predicted molar refractivity (Wildman–Crippen MR) is 155 cm³/mol. The van der Waals surface area contributed by atoms with E-state index < -0.39 is 0 Å². The minimum absolute atomic E-state index is 0.693. The van der Waals surface area contributed by atoms with Crippen molar-refractivity contribution in [3.8, 4) is 0 Å². The third kappa shape index (κ3) is 6.46. The Balaban J connectivity index is 1.09. The molecule has 3 fully saturated rings. The Labute approximate surface area is 222 Å². The van der Waals surface area contributed by atoms with Crippen LogP contribution in [0.1, 0.15) is 31.7 Å². The highest BCUT2D eigenvalue weighted by atomic mass is 32.1. The summed E-state index contributed by atoms with van der Waals surface area (Å²) in [6.07, 6.45) is 4.10. The lowest BCUT2D eigenvalue weighted by Gasteiger charge is -2.35.